The van der Waals surface area contributed by atoms with E-state index in [2.05, 4.69) is 0 Å². The lowest BCUT2D eigenvalue weighted by Gasteiger charge is -2.05. The van der Waals surface area contributed by atoms with Gasteiger partial charge in [-0.2, -0.15) is 0 Å². The van der Waals surface area contributed by atoms with Gasteiger partial charge in [0.15, 0.2) is 9.58 Å². The zero-order chi connectivity index (χ0) is 14.3. The van der Waals surface area contributed by atoms with Crippen molar-refractivity contribution >= 4 is 33.0 Å². The molecule has 1 aromatic heterocycles. The van der Waals surface area contributed by atoms with E-state index in [0.29, 0.717) is 9.58 Å². The van der Waals surface area contributed by atoms with Crippen molar-refractivity contribution < 1.29 is 13.2 Å². The van der Waals surface area contributed by atoms with Crippen LogP contribution < -0.4 is 0 Å². The number of alkyl halides is 3. The molecular formula is C16H19ClF3S+. The predicted octanol–water partition coefficient (Wildman–Crippen LogP) is 6.71. The molecule has 21 heavy (non-hydrogen) atoms. The molecule has 1 atom stereocenters. The van der Waals surface area contributed by atoms with Crippen LogP contribution in [0.4, 0.5) is 13.2 Å². The van der Waals surface area contributed by atoms with Crippen molar-refractivity contribution in [3.63, 3.8) is 0 Å². The van der Waals surface area contributed by atoms with Gasteiger partial charge in [0.05, 0.1) is 10.5 Å². The van der Waals surface area contributed by atoms with E-state index >= 15 is 0 Å². The Morgan fingerprint density at radius 3 is 2.43 bits per heavy atom. The van der Waals surface area contributed by atoms with Crippen LogP contribution in [0, 0.1) is 0 Å². The maximum atomic E-state index is 13.6. The third kappa shape index (κ3) is 2.93. The van der Waals surface area contributed by atoms with E-state index in [1.807, 2.05) is 19.1 Å². The van der Waals surface area contributed by atoms with E-state index in [1.165, 1.54) is 0 Å². The van der Waals surface area contributed by atoms with Crippen LogP contribution in [-0.4, -0.2) is 0 Å². The number of halogens is 4. The molecule has 1 heterocycles. The fourth-order valence-electron chi connectivity index (χ4n) is 3.32. The summed E-state index contributed by atoms with van der Waals surface area (Å²) in [6.45, 7) is 2.00. The van der Waals surface area contributed by atoms with E-state index in [0.717, 1.165) is 43.1 Å². The second kappa shape index (κ2) is 6.17. The molecule has 116 valence electrons. The summed E-state index contributed by atoms with van der Waals surface area (Å²) < 4.78 is 41.1. The Hall–Kier alpha value is -0.740. The highest BCUT2D eigenvalue weighted by Crippen LogP contribution is 2.55. The minimum atomic E-state index is -4.15. The Balaban J connectivity index is 0.00000161. The third-order valence-corrected chi connectivity index (χ3v) is 6.45. The molecule has 0 bridgehead atoms. The van der Waals surface area contributed by atoms with Crippen molar-refractivity contribution in [2.45, 2.75) is 50.5 Å². The number of fused-ring (bicyclic) bond motifs is 1. The summed E-state index contributed by atoms with van der Waals surface area (Å²) in [6.07, 6.45) is 4.75. The zero-order valence-corrected chi connectivity index (χ0v) is 13.5. The Kier molecular flexibility index (Phi) is 4.89. The average molecular weight is 336 g/mol. The summed E-state index contributed by atoms with van der Waals surface area (Å²) in [5.41, 5.74) is -3.11. The van der Waals surface area contributed by atoms with Crippen LogP contribution in [-0.2, 0) is 11.9 Å². The Morgan fingerprint density at radius 1 is 1.19 bits per heavy atom. The minimum Gasteiger partial charge on any atom is -0.147 e. The molecule has 0 spiro atoms. The van der Waals surface area contributed by atoms with Gasteiger partial charge in [-0.05, 0) is 30.9 Å². The second-order valence-electron chi connectivity index (χ2n) is 5.46. The van der Waals surface area contributed by atoms with Crippen molar-refractivity contribution in [2.75, 3.05) is 0 Å². The van der Waals surface area contributed by atoms with Crippen LogP contribution in [0.3, 0.4) is 0 Å². The van der Waals surface area contributed by atoms with Gasteiger partial charge < -0.3 is 0 Å². The lowest BCUT2D eigenvalue weighted by atomic mass is 10.0. The van der Waals surface area contributed by atoms with Gasteiger partial charge in [0, 0.05) is 17.4 Å². The van der Waals surface area contributed by atoms with Gasteiger partial charge in [0.1, 0.15) is 0 Å². The molecule has 1 fully saturated rings. The van der Waals surface area contributed by atoms with Crippen LogP contribution in [0.15, 0.2) is 24.3 Å². The fourth-order valence-corrected chi connectivity index (χ4v) is 5.52. The van der Waals surface area contributed by atoms with Gasteiger partial charge in [0.2, 0.25) is 0 Å². The van der Waals surface area contributed by atoms with E-state index in [-0.39, 0.29) is 18.3 Å². The third-order valence-electron chi connectivity index (χ3n) is 4.27. The molecule has 0 nitrogen and oxygen atoms in total. The molecule has 0 aliphatic heterocycles. The van der Waals surface area contributed by atoms with Crippen LogP contribution in [0.25, 0.3) is 10.1 Å². The molecule has 0 amide bonds. The first-order valence-corrected chi connectivity index (χ1v) is 8.39. The first kappa shape index (κ1) is 16.6. The lowest BCUT2D eigenvalue weighted by Crippen LogP contribution is -2.00. The molecule has 1 aromatic carbocycles. The molecule has 0 saturated heterocycles. The van der Waals surface area contributed by atoms with Crippen LogP contribution in [0.2, 0.25) is 0 Å². The normalized spacial score (nSPS) is 17.2. The topological polar surface area (TPSA) is 0 Å². The van der Waals surface area contributed by atoms with Crippen LogP contribution in [0.5, 0.6) is 0 Å². The highest BCUT2D eigenvalue weighted by Gasteiger charge is 2.49. The maximum absolute atomic E-state index is 13.6. The van der Waals surface area contributed by atoms with Gasteiger partial charge in [-0.1, -0.05) is 31.9 Å². The first-order chi connectivity index (χ1) is 9.52. The van der Waals surface area contributed by atoms with Crippen molar-refractivity contribution in [3.05, 3.63) is 34.7 Å². The quantitative estimate of drug-likeness (QED) is 0.535. The largest absolute Gasteiger partial charge is 0.600 e. The molecule has 1 aliphatic rings. The van der Waals surface area contributed by atoms with Crippen molar-refractivity contribution in [3.8, 4) is 0 Å². The highest BCUT2D eigenvalue weighted by atomic mass is 35.5. The predicted molar refractivity (Wildman–Crippen MR) is 85.6 cm³/mol. The van der Waals surface area contributed by atoms with Crippen molar-refractivity contribution in [1.82, 2.24) is 0 Å². The molecule has 0 radical (unpaired) electrons. The minimum absolute atomic E-state index is 0. The van der Waals surface area contributed by atoms with Gasteiger partial charge in [-0.3, -0.25) is 0 Å². The summed E-state index contributed by atoms with van der Waals surface area (Å²) in [6, 6.07) is 7.25. The summed E-state index contributed by atoms with van der Waals surface area (Å²) in [7, 11) is -1.70. The van der Waals surface area contributed by atoms with E-state index in [1.54, 1.807) is 12.1 Å². The van der Waals surface area contributed by atoms with Gasteiger partial charge in [-0.25, -0.2) is 0 Å². The van der Waals surface area contributed by atoms with Gasteiger partial charge in [-0.15, -0.1) is 25.6 Å². The number of rotatable bonds is 2. The molecule has 1 unspecified atom stereocenters. The van der Waals surface area contributed by atoms with Gasteiger partial charge >= 0.3 is 5.51 Å². The number of hydrogen-bond donors (Lipinski definition) is 0. The average Bonchev–Trinajstić information content (AvgIpc) is 3.03. The molecular weight excluding hydrogens is 317 g/mol. The highest BCUT2D eigenvalue weighted by molar-refractivity contribution is 7.38. The van der Waals surface area contributed by atoms with E-state index in [9.17, 15) is 13.2 Å². The SMILES string of the molecule is CCc1cccc2c1cc(C1CCCC1)[s+]2C(F)(F)F.Cl. The smallest absolute Gasteiger partial charge is 0.147 e. The Morgan fingerprint density at radius 2 is 1.86 bits per heavy atom. The number of hydrogen-bond acceptors (Lipinski definition) is 0. The number of thiophene rings is 1. The summed E-state index contributed by atoms with van der Waals surface area (Å²) in [5.74, 6) is 0.136. The fraction of sp³-hybridized carbons (Fsp3) is 0.500. The molecule has 3 rings (SSSR count). The molecule has 5 heteroatoms. The summed E-state index contributed by atoms with van der Waals surface area (Å²) in [5, 5.41) is 0.845. The van der Waals surface area contributed by atoms with Crippen molar-refractivity contribution in [1.29, 1.82) is 0 Å². The molecule has 0 N–H and O–H groups in total. The zero-order valence-electron chi connectivity index (χ0n) is 11.9. The summed E-state index contributed by atoms with van der Waals surface area (Å²) in [4.78, 5) is 0.644. The standard InChI is InChI=1S/C16H18F3S.ClH/c1-2-11-8-5-9-14-13(11)10-15(12-6-3-4-7-12)20(14)16(17,18)19;/h5,8-10,12H,2-4,6-7H2,1H3;1H/q+1;. The lowest BCUT2D eigenvalue weighted by molar-refractivity contribution is -0.0868. The first-order valence-electron chi connectivity index (χ1n) is 7.17. The van der Waals surface area contributed by atoms with E-state index in [4.69, 9.17) is 0 Å². The monoisotopic (exact) mass is 335 g/mol. The molecule has 2 aromatic rings. The molecule has 1 saturated carbocycles. The van der Waals surface area contributed by atoms with Gasteiger partial charge in [0.25, 0.3) is 0 Å². The van der Waals surface area contributed by atoms with Crippen LogP contribution >= 0.6 is 22.9 Å². The number of aryl methyl sites for hydroxylation is 1. The van der Waals surface area contributed by atoms with Crippen molar-refractivity contribution in [2.24, 2.45) is 0 Å². The Labute approximate surface area is 131 Å². The summed E-state index contributed by atoms with van der Waals surface area (Å²) >= 11 is 0. The number of benzene rings is 1. The molecule has 1 aliphatic carbocycles. The van der Waals surface area contributed by atoms with E-state index < -0.39 is 16.0 Å². The Bertz CT molecular complexity index is 624. The van der Waals surface area contributed by atoms with Crippen LogP contribution in [0.1, 0.15) is 49.0 Å². The second-order valence-corrected chi connectivity index (χ2v) is 7.45. The maximum Gasteiger partial charge on any atom is 0.600 e.